The summed E-state index contributed by atoms with van der Waals surface area (Å²) in [7, 11) is 2.85. The number of fused-ring (bicyclic) bond motifs is 2. The zero-order valence-electron chi connectivity index (χ0n) is 17.6. The first-order valence-corrected chi connectivity index (χ1v) is 11.3. The molecular formula is C26H21F2IN2O. The monoisotopic (exact) mass is 542 g/mol. The molecule has 0 unspecified atom stereocenters. The summed E-state index contributed by atoms with van der Waals surface area (Å²) in [6.45, 7) is 0.402. The summed E-state index contributed by atoms with van der Waals surface area (Å²) >= 11 is 2.30. The minimum absolute atomic E-state index is 0.402. The molecule has 0 saturated carbocycles. The molecule has 0 amide bonds. The Balaban J connectivity index is 1.73. The number of rotatable bonds is 4. The van der Waals surface area contributed by atoms with Crippen LogP contribution < -0.4 is 14.5 Å². The van der Waals surface area contributed by atoms with Crippen LogP contribution in [0.15, 0.2) is 78.9 Å². The van der Waals surface area contributed by atoms with Crippen LogP contribution in [-0.4, -0.2) is 20.3 Å². The van der Waals surface area contributed by atoms with Gasteiger partial charge in [0, 0.05) is 28.6 Å². The van der Waals surface area contributed by atoms with Crippen molar-refractivity contribution in [3.63, 3.8) is 0 Å². The van der Waals surface area contributed by atoms with Gasteiger partial charge in [-0.15, -0.1) is 0 Å². The standard InChI is InChI=1S/C26H21F2IN2O/c1-30-22-13-19-20(14-23(22)31(2)26(30,27)28)25(18-11-7-4-8-12-18)21(29)15-24(19)32-16-17-9-5-3-6-10-17/h3-15H,16H2,1-2H3. The van der Waals surface area contributed by atoms with Crippen LogP contribution in [0.1, 0.15) is 5.56 Å². The Hall–Kier alpha value is -2.87. The second kappa shape index (κ2) is 7.92. The van der Waals surface area contributed by atoms with E-state index in [9.17, 15) is 8.78 Å². The second-order valence-corrected chi connectivity index (χ2v) is 9.05. The van der Waals surface area contributed by atoms with Gasteiger partial charge in [-0.1, -0.05) is 60.7 Å². The number of hydrogen-bond donors (Lipinski definition) is 0. The van der Waals surface area contributed by atoms with Crippen LogP contribution in [0.25, 0.3) is 21.9 Å². The predicted octanol–water partition coefficient (Wildman–Crippen LogP) is 7.13. The Labute approximate surface area is 199 Å². The second-order valence-electron chi connectivity index (χ2n) is 7.89. The first-order valence-electron chi connectivity index (χ1n) is 10.3. The quantitative estimate of drug-likeness (QED) is 0.202. The van der Waals surface area contributed by atoms with Gasteiger partial charge in [0.05, 0.1) is 11.4 Å². The molecule has 1 aliphatic heterocycles. The van der Waals surface area contributed by atoms with Crippen LogP contribution >= 0.6 is 22.6 Å². The molecule has 4 aromatic carbocycles. The van der Waals surface area contributed by atoms with Crippen molar-refractivity contribution in [1.82, 2.24) is 0 Å². The van der Waals surface area contributed by atoms with Crippen molar-refractivity contribution in [2.45, 2.75) is 12.8 Å². The lowest BCUT2D eigenvalue weighted by Gasteiger charge is -2.26. The molecule has 0 saturated heterocycles. The summed E-state index contributed by atoms with van der Waals surface area (Å²) in [5.74, 6) is 0.682. The zero-order chi connectivity index (χ0) is 22.5. The summed E-state index contributed by atoms with van der Waals surface area (Å²) in [5, 5.41) is 1.71. The predicted molar refractivity (Wildman–Crippen MR) is 135 cm³/mol. The summed E-state index contributed by atoms with van der Waals surface area (Å²) in [6.07, 6.45) is -3.09. The topological polar surface area (TPSA) is 15.7 Å². The molecule has 4 aromatic rings. The largest absolute Gasteiger partial charge is 0.488 e. The Bertz CT molecular complexity index is 1300. The molecule has 0 radical (unpaired) electrons. The number of ether oxygens (including phenoxy) is 1. The van der Waals surface area contributed by atoms with Gasteiger partial charge < -0.3 is 4.74 Å². The third-order valence-corrected chi connectivity index (χ3v) is 6.83. The highest BCUT2D eigenvalue weighted by molar-refractivity contribution is 14.1. The zero-order valence-corrected chi connectivity index (χ0v) is 19.8. The molecular weight excluding hydrogens is 521 g/mol. The van der Waals surface area contributed by atoms with E-state index >= 15 is 0 Å². The highest BCUT2D eigenvalue weighted by atomic mass is 127. The molecule has 1 aliphatic rings. The van der Waals surface area contributed by atoms with Crippen molar-refractivity contribution in [1.29, 1.82) is 0 Å². The van der Waals surface area contributed by atoms with E-state index in [1.165, 1.54) is 14.1 Å². The summed E-state index contributed by atoms with van der Waals surface area (Å²) < 4.78 is 36.8. The number of alkyl halides is 2. The average Bonchev–Trinajstić information content (AvgIpc) is 2.97. The van der Waals surface area contributed by atoms with Gasteiger partial charge in [-0.25, -0.2) is 0 Å². The lowest BCUT2D eigenvalue weighted by atomic mass is 9.96. The van der Waals surface area contributed by atoms with E-state index in [-0.39, 0.29) is 0 Å². The van der Waals surface area contributed by atoms with E-state index in [1.54, 1.807) is 0 Å². The summed E-state index contributed by atoms with van der Waals surface area (Å²) in [5.41, 5.74) is 4.08. The molecule has 0 aliphatic carbocycles. The Morgan fingerprint density at radius 3 is 2.00 bits per heavy atom. The maximum atomic E-state index is 14.8. The van der Waals surface area contributed by atoms with E-state index in [4.69, 9.17) is 4.74 Å². The third kappa shape index (κ3) is 3.37. The normalized spacial score (nSPS) is 14.7. The van der Waals surface area contributed by atoms with Gasteiger partial charge in [0.15, 0.2) is 0 Å². The minimum Gasteiger partial charge on any atom is -0.488 e. The van der Waals surface area contributed by atoms with E-state index < -0.39 is 6.17 Å². The van der Waals surface area contributed by atoms with Gasteiger partial charge >= 0.3 is 6.17 Å². The molecule has 0 fully saturated rings. The van der Waals surface area contributed by atoms with Crippen LogP contribution in [0.2, 0.25) is 0 Å². The van der Waals surface area contributed by atoms with Crippen molar-refractivity contribution in [3.8, 4) is 16.9 Å². The number of nitrogens with zero attached hydrogens (tertiary/aromatic N) is 2. The van der Waals surface area contributed by atoms with Gasteiger partial charge in [0.25, 0.3) is 0 Å². The Kier molecular flexibility index (Phi) is 5.20. The number of hydrogen-bond acceptors (Lipinski definition) is 3. The van der Waals surface area contributed by atoms with E-state index in [1.807, 2.05) is 78.9 Å². The smallest absolute Gasteiger partial charge is 0.413 e. The fourth-order valence-electron chi connectivity index (χ4n) is 4.19. The SMILES string of the molecule is CN1c2cc3c(OCc4ccccc4)cc(I)c(-c4ccccc4)c3cc2N(C)C1(F)F. The van der Waals surface area contributed by atoms with E-state index in [0.717, 1.165) is 40.8 Å². The Morgan fingerprint density at radius 1 is 0.812 bits per heavy atom. The van der Waals surface area contributed by atoms with Crippen molar-refractivity contribution >= 4 is 44.7 Å². The molecule has 6 heteroatoms. The van der Waals surface area contributed by atoms with Crippen molar-refractivity contribution in [3.05, 3.63) is 88.0 Å². The fourth-order valence-corrected chi connectivity index (χ4v) is 5.07. The number of benzene rings is 4. The lowest BCUT2D eigenvalue weighted by molar-refractivity contribution is 0.0122. The van der Waals surface area contributed by atoms with Crippen LogP contribution in [0.4, 0.5) is 20.2 Å². The lowest BCUT2D eigenvalue weighted by Crippen LogP contribution is -2.46. The third-order valence-electron chi connectivity index (χ3n) is 5.98. The number of halogens is 3. The molecule has 0 atom stereocenters. The van der Waals surface area contributed by atoms with Crippen LogP contribution in [0.5, 0.6) is 5.75 Å². The first-order chi connectivity index (χ1) is 15.4. The molecule has 0 aromatic heterocycles. The molecule has 0 spiro atoms. The van der Waals surface area contributed by atoms with Crippen LogP contribution in [0.3, 0.4) is 0 Å². The maximum Gasteiger partial charge on any atom is 0.413 e. The molecule has 32 heavy (non-hydrogen) atoms. The maximum absolute atomic E-state index is 14.8. The van der Waals surface area contributed by atoms with Gasteiger partial charge in [-0.3, -0.25) is 9.80 Å². The fraction of sp³-hybridized carbons (Fsp3) is 0.154. The van der Waals surface area contributed by atoms with Crippen molar-refractivity contribution in [2.75, 3.05) is 23.9 Å². The van der Waals surface area contributed by atoms with E-state index in [0.29, 0.717) is 23.7 Å². The van der Waals surface area contributed by atoms with Gasteiger partial charge in [0.1, 0.15) is 12.4 Å². The minimum atomic E-state index is -3.09. The number of anilines is 2. The first kappa shape index (κ1) is 21.0. The van der Waals surface area contributed by atoms with Gasteiger partial charge in [0.2, 0.25) is 0 Å². The molecule has 3 nitrogen and oxygen atoms in total. The Morgan fingerprint density at radius 2 is 1.38 bits per heavy atom. The van der Waals surface area contributed by atoms with E-state index in [2.05, 4.69) is 22.6 Å². The van der Waals surface area contributed by atoms with Crippen molar-refractivity contribution in [2.24, 2.45) is 0 Å². The summed E-state index contributed by atoms with van der Waals surface area (Å²) in [4.78, 5) is 2.05. The van der Waals surface area contributed by atoms with Crippen molar-refractivity contribution < 1.29 is 13.5 Å². The molecule has 0 bridgehead atoms. The molecule has 162 valence electrons. The molecule has 5 rings (SSSR count). The van der Waals surface area contributed by atoms with Gasteiger partial charge in [-0.2, -0.15) is 8.78 Å². The molecule has 0 N–H and O–H groups in total. The highest BCUT2D eigenvalue weighted by Crippen LogP contribution is 2.50. The van der Waals surface area contributed by atoms with Gasteiger partial charge in [-0.05, 0) is 57.3 Å². The molecule has 1 heterocycles. The average molecular weight is 542 g/mol. The van der Waals surface area contributed by atoms with Crippen LogP contribution in [-0.2, 0) is 6.61 Å². The highest BCUT2D eigenvalue weighted by Gasteiger charge is 2.48. The summed E-state index contributed by atoms with van der Waals surface area (Å²) in [6, 6.07) is 25.6. The van der Waals surface area contributed by atoms with Crippen LogP contribution in [0, 0.1) is 3.57 Å².